The fourth-order valence-corrected chi connectivity index (χ4v) is 1.85. The second-order valence-electron chi connectivity index (χ2n) is 2.43. The van der Waals surface area contributed by atoms with Gasteiger partial charge in [-0.2, -0.15) is 4.37 Å². The standard InChI is InChI=1S/C8H6ClN3OS/c1-13-6-5(3-2-4-10-6)7-11-8(9)12-14-7/h2-4H,1H3. The summed E-state index contributed by atoms with van der Waals surface area (Å²) < 4.78 is 8.97. The summed E-state index contributed by atoms with van der Waals surface area (Å²) in [6.07, 6.45) is 1.66. The van der Waals surface area contributed by atoms with E-state index in [2.05, 4.69) is 14.3 Å². The first-order valence-corrected chi connectivity index (χ1v) is 4.95. The van der Waals surface area contributed by atoms with Crippen LogP contribution in [0.3, 0.4) is 0 Å². The molecule has 0 saturated heterocycles. The molecule has 14 heavy (non-hydrogen) atoms. The quantitative estimate of drug-likeness (QED) is 0.790. The van der Waals surface area contributed by atoms with Gasteiger partial charge in [-0.3, -0.25) is 0 Å². The number of rotatable bonds is 2. The zero-order valence-electron chi connectivity index (χ0n) is 7.27. The first kappa shape index (κ1) is 9.36. The van der Waals surface area contributed by atoms with Crippen LogP contribution in [0.2, 0.25) is 5.28 Å². The second kappa shape index (κ2) is 3.89. The molecular formula is C8H6ClN3OS. The number of pyridine rings is 1. The molecule has 2 rings (SSSR count). The molecule has 2 aromatic heterocycles. The highest BCUT2D eigenvalue weighted by molar-refractivity contribution is 7.09. The molecule has 0 unspecified atom stereocenters. The summed E-state index contributed by atoms with van der Waals surface area (Å²) in [6.45, 7) is 0. The van der Waals surface area contributed by atoms with Crippen LogP contribution in [0.1, 0.15) is 0 Å². The number of nitrogens with zero attached hydrogens (tertiary/aromatic N) is 3. The lowest BCUT2D eigenvalue weighted by molar-refractivity contribution is 0.399. The van der Waals surface area contributed by atoms with Crippen LogP contribution in [0.5, 0.6) is 5.88 Å². The van der Waals surface area contributed by atoms with E-state index in [-0.39, 0.29) is 5.28 Å². The third-order valence-electron chi connectivity index (χ3n) is 1.60. The molecule has 2 aromatic rings. The Morgan fingerprint density at radius 3 is 3.00 bits per heavy atom. The number of ether oxygens (including phenoxy) is 1. The number of methoxy groups -OCH3 is 1. The van der Waals surface area contributed by atoms with Gasteiger partial charge in [0.2, 0.25) is 11.2 Å². The summed E-state index contributed by atoms with van der Waals surface area (Å²) in [5.74, 6) is 0.528. The van der Waals surface area contributed by atoms with Gasteiger partial charge in [0.1, 0.15) is 0 Å². The first-order valence-electron chi connectivity index (χ1n) is 3.80. The fourth-order valence-electron chi connectivity index (χ4n) is 1.03. The molecule has 0 fully saturated rings. The van der Waals surface area contributed by atoms with E-state index >= 15 is 0 Å². The van der Waals surface area contributed by atoms with Crippen molar-refractivity contribution < 1.29 is 4.74 Å². The Balaban J connectivity index is 2.50. The highest BCUT2D eigenvalue weighted by Crippen LogP contribution is 2.29. The van der Waals surface area contributed by atoms with Gasteiger partial charge in [-0.05, 0) is 35.3 Å². The van der Waals surface area contributed by atoms with Crippen molar-refractivity contribution in [3.05, 3.63) is 23.6 Å². The predicted octanol–water partition coefficient (Wildman–Crippen LogP) is 2.26. The van der Waals surface area contributed by atoms with Crippen molar-refractivity contribution in [3.8, 4) is 16.5 Å². The average molecular weight is 228 g/mol. The Hall–Kier alpha value is -1.20. The second-order valence-corrected chi connectivity index (χ2v) is 3.52. The van der Waals surface area contributed by atoms with Crippen LogP contribution in [-0.2, 0) is 0 Å². The molecular weight excluding hydrogens is 222 g/mol. The van der Waals surface area contributed by atoms with Crippen LogP contribution in [0.15, 0.2) is 18.3 Å². The van der Waals surface area contributed by atoms with Crippen molar-refractivity contribution in [1.29, 1.82) is 0 Å². The zero-order valence-corrected chi connectivity index (χ0v) is 8.84. The minimum atomic E-state index is 0.246. The summed E-state index contributed by atoms with van der Waals surface area (Å²) >= 11 is 6.85. The number of halogens is 1. The highest BCUT2D eigenvalue weighted by atomic mass is 35.5. The van der Waals surface area contributed by atoms with Crippen molar-refractivity contribution in [1.82, 2.24) is 14.3 Å². The van der Waals surface area contributed by atoms with Gasteiger partial charge in [-0.25, -0.2) is 9.97 Å². The lowest BCUT2D eigenvalue weighted by atomic mass is 10.3. The molecule has 72 valence electrons. The topological polar surface area (TPSA) is 47.9 Å². The maximum Gasteiger partial charge on any atom is 0.234 e. The van der Waals surface area contributed by atoms with Crippen LogP contribution >= 0.6 is 23.1 Å². The summed E-state index contributed by atoms with van der Waals surface area (Å²) in [5, 5.41) is 0.954. The van der Waals surface area contributed by atoms with Crippen LogP contribution in [0.25, 0.3) is 10.6 Å². The van der Waals surface area contributed by atoms with Crippen LogP contribution in [0.4, 0.5) is 0 Å². The van der Waals surface area contributed by atoms with E-state index in [0.29, 0.717) is 10.9 Å². The summed E-state index contributed by atoms with van der Waals surface area (Å²) in [7, 11) is 1.56. The van der Waals surface area contributed by atoms with Gasteiger partial charge in [0.05, 0.1) is 12.7 Å². The van der Waals surface area contributed by atoms with Crippen molar-refractivity contribution in [2.75, 3.05) is 7.11 Å². The van der Waals surface area contributed by atoms with E-state index in [9.17, 15) is 0 Å². The lowest BCUT2D eigenvalue weighted by Gasteiger charge is -2.01. The monoisotopic (exact) mass is 227 g/mol. The Morgan fingerprint density at radius 1 is 1.50 bits per heavy atom. The van der Waals surface area contributed by atoms with Crippen molar-refractivity contribution in [2.45, 2.75) is 0 Å². The van der Waals surface area contributed by atoms with Crippen molar-refractivity contribution in [3.63, 3.8) is 0 Å². The molecule has 6 heteroatoms. The highest BCUT2D eigenvalue weighted by Gasteiger charge is 2.10. The number of hydrogen-bond acceptors (Lipinski definition) is 5. The van der Waals surface area contributed by atoms with E-state index in [1.54, 1.807) is 13.3 Å². The maximum absolute atomic E-state index is 5.63. The Morgan fingerprint density at radius 2 is 2.36 bits per heavy atom. The summed E-state index contributed by atoms with van der Waals surface area (Å²) in [6, 6.07) is 3.68. The molecule has 0 radical (unpaired) electrons. The van der Waals surface area contributed by atoms with Gasteiger partial charge in [0.25, 0.3) is 0 Å². The van der Waals surface area contributed by atoms with Gasteiger partial charge >= 0.3 is 0 Å². The van der Waals surface area contributed by atoms with E-state index in [1.165, 1.54) is 11.5 Å². The van der Waals surface area contributed by atoms with Gasteiger partial charge in [-0.15, -0.1) is 0 Å². The largest absolute Gasteiger partial charge is 0.480 e. The van der Waals surface area contributed by atoms with E-state index in [1.807, 2.05) is 12.1 Å². The van der Waals surface area contributed by atoms with Gasteiger partial charge in [-0.1, -0.05) is 0 Å². The Bertz CT molecular complexity index is 446. The third kappa shape index (κ3) is 1.69. The maximum atomic E-state index is 5.63. The number of hydrogen-bond donors (Lipinski definition) is 0. The van der Waals surface area contributed by atoms with E-state index in [4.69, 9.17) is 16.3 Å². The average Bonchev–Trinajstić information content (AvgIpc) is 2.65. The Labute approximate surface area is 89.7 Å². The van der Waals surface area contributed by atoms with Crippen LogP contribution < -0.4 is 4.74 Å². The smallest absolute Gasteiger partial charge is 0.234 e. The summed E-state index contributed by atoms with van der Waals surface area (Å²) in [5.41, 5.74) is 0.805. The molecule has 0 N–H and O–H groups in total. The van der Waals surface area contributed by atoms with Crippen LogP contribution in [0, 0.1) is 0 Å². The van der Waals surface area contributed by atoms with Crippen molar-refractivity contribution in [2.24, 2.45) is 0 Å². The van der Waals surface area contributed by atoms with Gasteiger partial charge < -0.3 is 4.74 Å². The molecule has 0 amide bonds. The molecule has 0 spiro atoms. The third-order valence-corrected chi connectivity index (χ3v) is 2.61. The van der Waals surface area contributed by atoms with Crippen molar-refractivity contribution >= 4 is 23.1 Å². The molecule has 4 nitrogen and oxygen atoms in total. The molecule has 0 saturated carbocycles. The van der Waals surface area contributed by atoms with Crippen LogP contribution in [-0.4, -0.2) is 21.5 Å². The first-order chi connectivity index (χ1) is 6.81. The Kier molecular flexibility index (Phi) is 2.60. The lowest BCUT2D eigenvalue weighted by Crippen LogP contribution is -1.89. The van der Waals surface area contributed by atoms with Gasteiger partial charge in [0.15, 0.2) is 5.01 Å². The predicted molar refractivity (Wildman–Crippen MR) is 54.7 cm³/mol. The van der Waals surface area contributed by atoms with E-state index in [0.717, 1.165) is 5.56 Å². The molecule has 0 aliphatic carbocycles. The fraction of sp³-hybridized carbons (Fsp3) is 0.125. The molecule has 2 heterocycles. The zero-order chi connectivity index (χ0) is 9.97. The number of aromatic nitrogens is 3. The molecule has 0 aliphatic rings. The SMILES string of the molecule is COc1ncccc1-c1nc(Cl)ns1. The minimum absolute atomic E-state index is 0.246. The molecule has 0 aromatic carbocycles. The molecule has 0 aliphatic heterocycles. The summed E-state index contributed by atoms with van der Waals surface area (Å²) in [4.78, 5) is 8.10. The minimum Gasteiger partial charge on any atom is -0.480 e. The normalized spacial score (nSPS) is 10.1. The molecule has 0 atom stereocenters. The molecule has 0 bridgehead atoms. The van der Waals surface area contributed by atoms with E-state index < -0.39 is 0 Å². The van der Waals surface area contributed by atoms with Gasteiger partial charge in [0, 0.05) is 6.20 Å².